The lowest BCUT2D eigenvalue weighted by atomic mass is 9.95. The number of ether oxygens (including phenoxy) is 1. The van der Waals surface area contributed by atoms with Gasteiger partial charge in [-0.2, -0.15) is 0 Å². The van der Waals surface area contributed by atoms with E-state index in [-0.39, 0.29) is 59.7 Å². The second kappa shape index (κ2) is 36.9. The van der Waals surface area contributed by atoms with Crippen molar-refractivity contribution in [2.75, 3.05) is 41.9 Å². The van der Waals surface area contributed by atoms with Crippen LogP contribution in [0.2, 0.25) is 0 Å². The van der Waals surface area contributed by atoms with Crippen LogP contribution in [0.1, 0.15) is 137 Å². The lowest BCUT2D eigenvalue weighted by Gasteiger charge is -2.33. The van der Waals surface area contributed by atoms with Gasteiger partial charge in [0.05, 0.1) is 36.0 Å². The number of hydrogen-bond donors (Lipinski definition) is 5. The van der Waals surface area contributed by atoms with E-state index in [9.17, 15) is 19.2 Å². The second-order valence-electron chi connectivity index (χ2n) is 15.6. The van der Waals surface area contributed by atoms with Gasteiger partial charge in [0.15, 0.2) is 0 Å². The fourth-order valence-corrected chi connectivity index (χ4v) is 6.52. The minimum absolute atomic E-state index is 0.0174. The molecular weight excluding hydrogens is 763 g/mol. The third kappa shape index (κ3) is 27.0. The number of aryl methyl sites for hydroxylation is 2. The molecule has 4 amide bonds. The number of nitrogens with zero attached hydrogens (tertiary/aromatic N) is 5. The van der Waals surface area contributed by atoms with Crippen LogP contribution in [0.3, 0.4) is 0 Å². The van der Waals surface area contributed by atoms with E-state index in [0.717, 1.165) is 64.4 Å². The Bertz CT molecular complexity index is 1360. The van der Waals surface area contributed by atoms with E-state index in [0.29, 0.717) is 18.8 Å². The van der Waals surface area contributed by atoms with Gasteiger partial charge in [0.1, 0.15) is 0 Å². The quantitative estimate of drug-likeness (QED) is 0.112. The largest absolute Gasteiger partial charge is 0.400 e. The molecule has 1 aromatic carbocycles. The number of likely N-dealkylation sites (N-methyl/N-ethyl adjacent to an activating group) is 1. The molecule has 1 aliphatic rings. The molecule has 0 bridgehead atoms. The summed E-state index contributed by atoms with van der Waals surface area (Å²) in [7, 11) is 7.96. The molecule has 3 rings (SSSR count). The number of nitrogens with one attached hydrogen (secondary N) is 1. The van der Waals surface area contributed by atoms with E-state index >= 15 is 0 Å². The van der Waals surface area contributed by atoms with Crippen LogP contribution in [0.15, 0.2) is 36.5 Å². The Balaban J connectivity index is -0.000000745. The first-order valence-corrected chi connectivity index (χ1v) is 21.8. The predicted octanol–water partition coefficient (Wildman–Crippen LogP) is 5.49. The molecule has 1 fully saturated rings. The molecule has 5 atom stereocenters. The maximum atomic E-state index is 12.4. The molecular formula is C45H87N9O6. The number of unbranched alkanes of at least 4 members (excludes halogenated alkanes) is 3. The van der Waals surface area contributed by atoms with E-state index in [4.69, 9.17) is 27.0 Å². The molecule has 1 aromatic heterocycles. The van der Waals surface area contributed by atoms with Crippen LogP contribution in [0.5, 0.6) is 0 Å². The molecule has 15 nitrogen and oxygen atoms in total. The van der Waals surface area contributed by atoms with Crippen molar-refractivity contribution in [1.29, 1.82) is 0 Å². The van der Waals surface area contributed by atoms with Gasteiger partial charge in [-0.1, -0.05) is 110 Å². The number of hydrogen-bond acceptors (Lipinski definition) is 10. The van der Waals surface area contributed by atoms with Gasteiger partial charge in [0.25, 0.3) is 0 Å². The molecule has 0 saturated carbocycles. The van der Waals surface area contributed by atoms with Gasteiger partial charge in [-0.25, -0.2) is 0 Å². The first-order valence-electron chi connectivity index (χ1n) is 21.8. The number of aliphatic hydroxyl groups is 1. The summed E-state index contributed by atoms with van der Waals surface area (Å²) in [5, 5.41) is 17.6. The number of rotatable bonds is 19. The Morgan fingerprint density at radius 3 is 1.95 bits per heavy atom. The Hall–Kier alpha value is -3.92. The summed E-state index contributed by atoms with van der Waals surface area (Å²) in [4.78, 5) is 48.8. The summed E-state index contributed by atoms with van der Waals surface area (Å²) >= 11 is 0. The van der Waals surface area contributed by atoms with Crippen LogP contribution in [0.4, 0.5) is 0 Å². The monoisotopic (exact) mass is 850 g/mol. The van der Waals surface area contributed by atoms with Crippen molar-refractivity contribution in [2.24, 2.45) is 35.0 Å². The number of carbonyl (C=O) groups is 4. The number of benzene rings is 1. The average Bonchev–Trinajstić information content (AvgIpc) is 3.90. The van der Waals surface area contributed by atoms with Gasteiger partial charge in [0, 0.05) is 53.2 Å². The van der Waals surface area contributed by atoms with Crippen LogP contribution in [-0.4, -0.2) is 114 Å². The summed E-state index contributed by atoms with van der Waals surface area (Å²) < 4.78 is 7.35. The van der Waals surface area contributed by atoms with Crippen LogP contribution in [-0.2, 0) is 36.9 Å². The normalized spacial score (nSPS) is 14.8. The number of aromatic nitrogens is 3. The summed E-state index contributed by atoms with van der Waals surface area (Å²) in [5.41, 5.74) is 18.5. The van der Waals surface area contributed by atoms with Crippen molar-refractivity contribution in [3.8, 4) is 0 Å². The second-order valence-corrected chi connectivity index (χ2v) is 15.6. The maximum Gasteiger partial charge on any atom is 0.235 e. The number of methoxy groups -OCH3 is 1. The summed E-state index contributed by atoms with van der Waals surface area (Å²) in [6.07, 6.45) is 11.2. The smallest absolute Gasteiger partial charge is 0.235 e. The zero-order valence-electron chi connectivity index (χ0n) is 39.9. The zero-order valence-corrected chi connectivity index (χ0v) is 39.9. The van der Waals surface area contributed by atoms with Gasteiger partial charge in [-0.3, -0.25) is 28.8 Å². The number of likely N-dealkylation sites (tertiary alicyclic amines) is 1. The fourth-order valence-electron chi connectivity index (χ4n) is 6.52. The lowest BCUT2D eigenvalue weighted by molar-refractivity contribution is -0.138. The number of nitrogens with two attached hydrogens (primary N) is 3. The molecule has 2 heterocycles. The number of aliphatic hydroxyl groups excluding tert-OH is 1. The zero-order chi connectivity index (χ0) is 46.8. The van der Waals surface area contributed by atoms with Gasteiger partial charge in [0.2, 0.25) is 23.6 Å². The van der Waals surface area contributed by atoms with E-state index in [1.807, 2.05) is 89.3 Å². The number of primary amides is 2. The third-order valence-electron chi connectivity index (χ3n) is 9.53. The fraction of sp³-hybridized carbons (Fsp3) is 0.733. The lowest BCUT2D eigenvalue weighted by Crippen LogP contribution is -2.48. The highest BCUT2D eigenvalue weighted by Crippen LogP contribution is 2.27. The third-order valence-corrected chi connectivity index (χ3v) is 9.53. The molecule has 1 aliphatic heterocycles. The molecule has 0 radical (unpaired) electrons. The topological polar surface area (TPSA) is 225 Å². The van der Waals surface area contributed by atoms with Crippen LogP contribution in [0.25, 0.3) is 0 Å². The summed E-state index contributed by atoms with van der Waals surface area (Å²) in [6.45, 7) is 19.5. The van der Waals surface area contributed by atoms with E-state index in [2.05, 4.69) is 46.8 Å². The highest BCUT2D eigenvalue weighted by Gasteiger charge is 2.38. The van der Waals surface area contributed by atoms with Crippen molar-refractivity contribution < 1.29 is 29.0 Å². The molecule has 2 aromatic rings. The molecule has 0 aliphatic carbocycles. The summed E-state index contributed by atoms with van der Waals surface area (Å²) in [6, 6.07) is 10.3. The van der Waals surface area contributed by atoms with Crippen molar-refractivity contribution >= 4 is 23.6 Å². The van der Waals surface area contributed by atoms with Crippen molar-refractivity contribution in [2.45, 2.75) is 157 Å². The first kappa shape index (κ1) is 60.4. The van der Waals surface area contributed by atoms with E-state index in [1.54, 1.807) is 21.1 Å². The van der Waals surface area contributed by atoms with Gasteiger partial charge < -0.3 is 37.3 Å². The highest BCUT2D eigenvalue weighted by molar-refractivity contribution is 5.80. The van der Waals surface area contributed by atoms with Crippen LogP contribution < -0.4 is 22.5 Å². The van der Waals surface area contributed by atoms with Crippen molar-refractivity contribution in [1.82, 2.24) is 30.1 Å². The van der Waals surface area contributed by atoms with Crippen LogP contribution >= 0.6 is 0 Å². The summed E-state index contributed by atoms with van der Waals surface area (Å²) in [5.74, 6) is 0.0624. The SMILES string of the molecule is CC.CC(C)C(C(N)=O)N(C)C.CC(N)c1cn(CCCc2ccccc2)nn1.CCCCCCC(=O)N1CCCC1C(OC)C(C)C(N)=O.CNC(=O)CC(C)C.CO. The van der Waals surface area contributed by atoms with E-state index < -0.39 is 0 Å². The Morgan fingerprint density at radius 2 is 1.55 bits per heavy atom. The van der Waals surface area contributed by atoms with Gasteiger partial charge in [-0.05, 0) is 70.5 Å². The Morgan fingerprint density at radius 1 is 0.950 bits per heavy atom. The van der Waals surface area contributed by atoms with Crippen molar-refractivity contribution in [3.05, 3.63) is 47.8 Å². The minimum Gasteiger partial charge on any atom is -0.400 e. The molecule has 1 saturated heterocycles. The molecule has 5 unspecified atom stereocenters. The first-order chi connectivity index (χ1) is 28.4. The van der Waals surface area contributed by atoms with Crippen molar-refractivity contribution in [3.63, 3.8) is 0 Å². The Labute approximate surface area is 363 Å². The van der Waals surface area contributed by atoms with E-state index in [1.165, 1.54) is 18.4 Å². The molecule has 348 valence electrons. The Kier molecular flexibility index (Phi) is 37.1. The highest BCUT2D eigenvalue weighted by atomic mass is 16.5. The average molecular weight is 850 g/mol. The number of amides is 4. The maximum absolute atomic E-state index is 12.4. The van der Waals surface area contributed by atoms with Crippen LogP contribution in [0, 0.1) is 17.8 Å². The minimum atomic E-state index is -0.381. The molecule has 0 spiro atoms. The van der Waals surface area contributed by atoms with Gasteiger partial charge in [-0.15, -0.1) is 5.10 Å². The number of carbonyl (C=O) groups excluding carboxylic acids is 4. The molecule has 8 N–H and O–H groups in total. The molecule has 15 heteroatoms. The standard InChI is InChI=1S/C16H30N2O3.C13H18N4.C7H16N2O.C6H13NO.C2H6.CH4O/c1-4-5-6-7-10-14(19)18-11-8-9-13(18)15(21-3)12(2)16(17)20;1-11(14)13-10-17(16-15-13)9-5-8-12-6-3-2-4-7-12;1-5(2)6(7(8)10)9(3)4;1-5(2)4-6(8)7-3;2*1-2/h12-13,15H,4-11H2,1-3H3,(H2,17,20);2-4,6-7,10-11H,5,8-9,14H2,1H3;5-6H,1-4H3,(H2,8,10);5H,4H2,1-3H3,(H,7,8);1-2H3;2H,1H3. The molecule has 60 heavy (non-hydrogen) atoms. The van der Waals surface area contributed by atoms with Gasteiger partial charge >= 0.3 is 0 Å². The predicted molar refractivity (Wildman–Crippen MR) is 245 cm³/mol.